The Labute approximate surface area is 165 Å². The van der Waals surface area contributed by atoms with E-state index in [1.54, 1.807) is 7.11 Å². The molecule has 0 bridgehead atoms. The molecule has 0 aromatic heterocycles. The fourth-order valence-electron chi connectivity index (χ4n) is 3.56. The molecule has 1 amide bonds. The number of nitrogens with one attached hydrogen (secondary N) is 2. The quantitative estimate of drug-likeness (QED) is 0.799. The standard InChI is InChI=1S/C21H26ClN3O2/c1-15(16-7-4-6-10-20(16)27-2)24-21(26)14-25-12-11-23-13-19(25)17-8-3-5-9-18(17)22/h3-10,15,19,23H,11-14H2,1-2H3,(H,24,26). The van der Waals surface area contributed by atoms with Gasteiger partial charge in [-0.3, -0.25) is 9.69 Å². The number of amides is 1. The molecule has 0 radical (unpaired) electrons. The van der Waals surface area contributed by atoms with Crippen molar-refractivity contribution < 1.29 is 9.53 Å². The SMILES string of the molecule is COc1ccccc1C(C)NC(=O)CN1CCNCC1c1ccccc1Cl. The maximum atomic E-state index is 12.7. The van der Waals surface area contributed by atoms with E-state index in [0.29, 0.717) is 6.54 Å². The molecule has 2 aromatic rings. The normalized spacial score (nSPS) is 18.7. The van der Waals surface area contributed by atoms with Gasteiger partial charge in [0.05, 0.1) is 19.7 Å². The van der Waals surface area contributed by atoms with Crippen molar-refractivity contribution in [2.24, 2.45) is 0 Å². The smallest absolute Gasteiger partial charge is 0.234 e. The molecule has 1 fully saturated rings. The van der Waals surface area contributed by atoms with Gasteiger partial charge in [0.1, 0.15) is 5.75 Å². The maximum Gasteiger partial charge on any atom is 0.234 e. The lowest BCUT2D eigenvalue weighted by molar-refractivity contribution is -0.123. The van der Waals surface area contributed by atoms with E-state index in [9.17, 15) is 4.79 Å². The molecule has 2 N–H and O–H groups in total. The molecular formula is C21H26ClN3O2. The van der Waals surface area contributed by atoms with Crippen molar-refractivity contribution in [2.75, 3.05) is 33.3 Å². The number of carbonyl (C=O) groups excluding carboxylic acids is 1. The summed E-state index contributed by atoms with van der Waals surface area (Å²) in [4.78, 5) is 14.9. The van der Waals surface area contributed by atoms with Crippen LogP contribution in [0.15, 0.2) is 48.5 Å². The number of benzene rings is 2. The summed E-state index contributed by atoms with van der Waals surface area (Å²) >= 11 is 6.39. The van der Waals surface area contributed by atoms with Gasteiger partial charge in [0.2, 0.25) is 5.91 Å². The zero-order valence-electron chi connectivity index (χ0n) is 15.7. The Hall–Kier alpha value is -2.08. The number of piperazine rings is 1. The second-order valence-corrected chi connectivity index (χ2v) is 7.15. The molecule has 0 spiro atoms. The highest BCUT2D eigenvalue weighted by Gasteiger charge is 2.27. The van der Waals surface area contributed by atoms with Crippen molar-refractivity contribution in [3.8, 4) is 5.75 Å². The molecule has 3 rings (SSSR count). The Morgan fingerprint density at radius 3 is 2.81 bits per heavy atom. The van der Waals surface area contributed by atoms with Crippen molar-refractivity contribution in [3.05, 3.63) is 64.7 Å². The first-order valence-corrected chi connectivity index (χ1v) is 9.59. The first-order chi connectivity index (χ1) is 13.1. The predicted octanol–water partition coefficient (Wildman–Crippen LogP) is 3.17. The van der Waals surface area contributed by atoms with E-state index in [2.05, 4.69) is 15.5 Å². The summed E-state index contributed by atoms with van der Waals surface area (Å²) in [5.74, 6) is 0.772. The third-order valence-corrected chi connectivity index (χ3v) is 5.29. The Balaban J connectivity index is 1.67. The van der Waals surface area contributed by atoms with Crippen molar-refractivity contribution in [1.29, 1.82) is 0 Å². The number of carbonyl (C=O) groups is 1. The molecule has 1 aliphatic heterocycles. The number of ether oxygens (including phenoxy) is 1. The third-order valence-electron chi connectivity index (χ3n) is 4.95. The molecule has 1 aliphatic rings. The number of halogens is 1. The lowest BCUT2D eigenvalue weighted by Crippen LogP contribution is -2.49. The fourth-order valence-corrected chi connectivity index (χ4v) is 3.82. The summed E-state index contributed by atoms with van der Waals surface area (Å²) in [6.07, 6.45) is 0. The summed E-state index contributed by atoms with van der Waals surface area (Å²) in [5, 5.41) is 7.22. The van der Waals surface area contributed by atoms with Gasteiger partial charge in [-0.1, -0.05) is 48.0 Å². The molecule has 6 heteroatoms. The van der Waals surface area contributed by atoms with Crippen molar-refractivity contribution >= 4 is 17.5 Å². The average molecular weight is 388 g/mol. The van der Waals surface area contributed by atoms with Gasteiger partial charge in [-0.2, -0.15) is 0 Å². The molecule has 0 aliphatic carbocycles. The molecule has 1 heterocycles. The van der Waals surface area contributed by atoms with Gasteiger partial charge in [0.15, 0.2) is 0 Å². The topological polar surface area (TPSA) is 53.6 Å². The highest BCUT2D eigenvalue weighted by Crippen LogP contribution is 2.28. The van der Waals surface area contributed by atoms with Gasteiger partial charge in [-0.25, -0.2) is 0 Å². The van der Waals surface area contributed by atoms with Crippen molar-refractivity contribution in [3.63, 3.8) is 0 Å². The third kappa shape index (κ3) is 4.80. The van der Waals surface area contributed by atoms with Gasteiger partial charge in [-0.15, -0.1) is 0 Å². The molecule has 2 atom stereocenters. The Morgan fingerprint density at radius 2 is 2.04 bits per heavy atom. The number of para-hydroxylation sites is 1. The summed E-state index contributed by atoms with van der Waals surface area (Å²) in [6, 6.07) is 15.5. The first-order valence-electron chi connectivity index (χ1n) is 9.21. The summed E-state index contributed by atoms with van der Waals surface area (Å²) in [5.41, 5.74) is 2.02. The summed E-state index contributed by atoms with van der Waals surface area (Å²) in [7, 11) is 1.64. The van der Waals surface area contributed by atoms with Crippen LogP contribution < -0.4 is 15.4 Å². The highest BCUT2D eigenvalue weighted by molar-refractivity contribution is 6.31. The molecular weight excluding hydrogens is 362 g/mol. The largest absolute Gasteiger partial charge is 0.496 e. The van der Waals surface area contributed by atoms with E-state index in [1.165, 1.54) is 0 Å². The monoisotopic (exact) mass is 387 g/mol. The zero-order chi connectivity index (χ0) is 19.2. The van der Waals surface area contributed by atoms with Gasteiger partial charge in [-0.05, 0) is 24.6 Å². The second kappa shape index (κ2) is 9.22. The minimum Gasteiger partial charge on any atom is -0.496 e. The molecule has 0 saturated carbocycles. The van der Waals surface area contributed by atoms with Crippen LogP contribution >= 0.6 is 11.6 Å². The molecule has 5 nitrogen and oxygen atoms in total. The average Bonchev–Trinajstić information content (AvgIpc) is 2.69. The zero-order valence-corrected chi connectivity index (χ0v) is 16.5. The number of hydrogen-bond acceptors (Lipinski definition) is 4. The molecule has 1 saturated heterocycles. The Kier molecular flexibility index (Phi) is 6.72. The summed E-state index contributed by atoms with van der Waals surface area (Å²) in [6.45, 7) is 4.73. The van der Waals surface area contributed by atoms with Gasteiger partial charge in [0, 0.05) is 36.3 Å². The Morgan fingerprint density at radius 1 is 1.30 bits per heavy atom. The van der Waals surface area contributed by atoms with Crippen molar-refractivity contribution in [1.82, 2.24) is 15.5 Å². The first kappa shape index (κ1) is 19.7. The number of rotatable bonds is 6. The van der Waals surface area contributed by atoms with Crippen LogP contribution in [0.3, 0.4) is 0 Å². The molecule has 144 valence electrons. The summed E-state index contributed by atoms with van der Waals surface area (Å²) < 4.78 is 5.40. The minimum atomic E-state index is -0.129. The van der Waals surface area contributed by atoms with Crippen molar-refractivity contribution in [2.45, 2.75) is 19.0 Å². The van der Waals surface area contributed by atoms with Gasteiger partial charge in [0.25, 0.3) is 0 Å². The van der Waals surface area contributed by atoms with Crippen LogP contribution in [0.1, 0.15) is 30.1 Å². The van der Waals surface area contributed by atoms with Gasteiger partial charge < -0.3 is 15.4 Å². The molecule has 27 heavy (non-hydrogen) atoms. The predicted molar refractivity (Wildman–Crippen MR) is 108 cm³/mol. The number of methoxy groups -OCH3 is 1. The van der Waals surface area contributed by atoms with E-state index in [0.717, 1.165) is 41.5 Å². The van der Waals surface area contributed by atoms with E-state index in [4.69, 9.17) is 16.3 Å². The van der Waals surface area contributed by atoms with Crippen LogP contribution in [0.2, 0.25) is 5.02 Å². The van der Waals surface area contributed by atoms with Crippen LogP contribution in [0.4, 0.5) is 0 Å². The van der Waals surface area contributed by atoms with Gasteiger partial charge >= 0.3 is 0 Å². The Bertz CT molecular complexity index is 784. The van der Waals surface area contributed by atoms with Crippen LogP contribution in [0, 0.1) is 0 Å². The highest BCUT2D eigenvalue weighted by atomic mass is 35.5. The van der Waals surface area contributed by atoms with E-state index >= 15 is 0 Å². The lowest BCUT2D eigenvalue weighted by Gasteiger charge is -2.36. The number of hydrogen-bond donors (Lipinski definition) is 2. The fraction of sp³-hybridized carbons (Fsp3) is 0.381. The van der Waals surface area contributed by atoms with Crippen LogP contribution in [0.25, 0.3) is 0 Å². The number of nitrogens with zero attached hydrogens (tertiary/aromatic N) is 1. The maximum absolute atomic E-state index is 12.7. The van der Waals surface area contributed by atoms with Crippen LogP contribution in [-0.4, -0.2) is 44.1 Å². The van der Waals surface area contributed by atoms with Crippen LogP contribution in [0.5, 0.6) is 5.75 Å². The lowest BCUT2D eigenvalue weighted by atomic mass is 10.0. The van der Waals surface area contributed by atoms with E-state index in [1.807, 2.05) is 55.5 Å². The second-order valence-electron chi connectivity index (χ2n) is 6.74. The van der Waals surface area contributed by atoms with Crippen LogP contribution in [-0.2, 0) is 4.79 Å². The van der Waals surface area contributed by atoms with E-state index in [-0.39, 0.29) is 18.0 Å². The van der Waals surface area contributed by atoms with E-state index < -0.39 is 0 Å². The molecule has 2 aromatic carbocycles. The minimum absolute atomic E-state index is 0.00707. The molecule has 2 unspecified atom stereocenters.